The second-order valence-corrected chi connectivity index (χ2v) is 5.12. The lowest BCUT2D eigenvalue weighted by Gasteiger charge is -2.25. The summed E-state index contributed by atoms with van der Waals surface area (Å²) >= 11 is 0. The van der Waals surface area contributed by atoms with Gasteiger partial charge in [-0.15, -0.1) is 10.2 Å². The van der Waals surface area contributed by atoms with Crippen molar-refractivity contribution < 1.29 is 9.90 Å². The van der Waals surface area contributed by atoms with Gasteiger partial charge in [0.05, 0.1) is 5.41 Å². The molecule has 5 heteroatoms. The molecule has 106 valence electrons. The third-order valence-corrected chi connectivity index (χ3v) is 3.55. The predicted molar refractivity (Wildman–Crippen MR) is 75.4 cm³/mol. The molecule has 0 saturated heterocycles. The summed E-state index contributed by atoms with van der Waals surface area (Å²) in [5.41, 5.74) is -0.224. The summed E-state index contributed by atoms with van der Waals surface area (Å²) in [5, 5.41) is 17.6. The second kappa shape index (κ2) is 5.86. The number of carboxylic acid groups (broad SMARTS) is 1. The molecular weight excluding hydrogens is 254 g/mol. The Labute approximate surface area is 118 Å². The minimum absolute atomic E-state index is 0.326. The van der Waals surface area contributed by atoms with Gasteiger partial charge in [0.25, 0.3) is 0 Å². The van der Waals surface area contributed by atoms with Gasteiger partial charge < -0.3 is 9.67 Å². The van der Waals surface area contributed by atoms with E-state index >= 15 is 0 Å². The molecule has 1 N–H and O–H groups in total. The van der Waals surface area contributed by atoms with Crippen LogP contribution >= 0.6 is 0 Å². The molecule has 2 rings (SSSR count). The molecule has 0 aliphatic carbocycles. The van der Waals surface area contributed by atoms with Gasteiger partial charge >= 0.3 is 5.97 Å². The molecule has 2 aromatic rings. The van der Waals surface area contributed by atoms with Gasteiger partial charge in [0, 0.05) is 13.0 Å². The third-order valence-electron chi connectivity index (χ3n) is 3.55. The summed E-state index contributed by atoms with van der Waals surface area (Å²) in [6, 6.07) is 9.27. The van der Waals surface area contributed by atoms with Crippen LogP contribution in [0.2, 0.25) is 0 Å². The van der Waals surface area contributed by atoms with Crippen molar-refractivity contribution in [3.63, 3.8) is 0 Å². The Morgan fingerprint density at radius 2 is 2.05 bits per heavy atom. The van der Waals surface area contributed by atoms with Gasteiger partial charge in [-0.1, -0.05) is 37.3 Å². The number of aryl methyl sites for hydroxylation is 1. The van der Waals surface area contributed by atoms with Gasteiger partial charge in [-0.2, -0.15) is 0 Å². The molecule has 0 bridgehead atoms. The lowest BCUT2D eigenvalue weighted by atomic mass is 9.79. The molecule has 1 aromatic carbocycles. The zero-order valence-corrected chi connectivity index (χ0v) is 11.8. The van der Waals surface area contributed by atoms with Crippen LogP contribution in [0.25, 0.3) is 0 Å². The average molecular weight is 273 g/mol. The molecule has 0 aliphatic rings. The molecule has 0 amide bonds. The highest BCUT2D eigenvalue weighted by molar-refractivity contribution is 5.81. The fourth-order valence-electron chi connectivity index (χ4n) is 2.27. The zero-order valence-electron chi connectivity index (χ0n) is 11.8. The Morgan fingerprint density at radius 1 is 1.35 bits per heavy atom. The van der Waals surface area contributed by atoms with Crippen molar-refractivity contribution in [2.75, 3.05) is 0 Å². The van der Waals surface area contributed by atoms with E-state index in [-0.39, 0.29) is 0 Å². The standard InChI is InChI=1S/C15H19N3O2/c1-3-9-18-11-16-17-13(18)10-15(2,14(19)20)12-7-5-4-6-8-12/h4-8,11H,3,9-10H2,1-2H3,(H,19,20). The molecule has 0 saturated carbocycles. The first-order valence-electron chi connectivity index (χ1n) is 6.73. The molecule has 0 spiro atoms. The van der Waals surface area contributed by atoms with Crippen LogP contribution in [0, 0.1) is 0 Å². The Bertz CT molecular complexity index is 580. The van der Waals surface area contributed by atoms with Crippen LogP contribution in [-0.4, -0.2) is 25.8 Å². The van der Waals surface area contributed by atoms with E-state index in [0.29, 0.717) is 12.2 Å². The van der Waals surface area contributed by atoms with Crippen molar-refractivity contribution in [3.8, 4) is 0 Å². The number of carbonyl (C=O) groups is 1. The van der Waals surface area contributed by atoms with E-state index in [1.807, 2.05) is 34.9 Å². The van der Waals surface area contributed by atoms with E-state index in [2.05, 4.69) is 17.1 Å². The molecule has 1 heterocycles. The van der Waals surface area contributed by atoms with Crippen molar-refractivity contribution in [2.24, 2.45) is 0 Å². The number of aliphatic carboxylic acids is 1. The maximum atomic E-state index is 11.8. The summed E-state index contributed by atoms with van der Waals surface area (Å²) in [6.07, 6.45) is 2.94. The fourth-order valence-corrected chi connectivity index (χ4v) is 2.27. The molecule has 0 radical (unpaired) electrons. The molecule has 1 unspecified atom stereocenters. The molecule has 1 atom stereocenters. The minimum atomic E-state index is -1.00. The Hall–Kier alpha value is -2.17. The molecule has 1 aromatic heterocycles. The number of aromatic nitrogens is 3. The molecule has 0 fully saturated rings. The van der Waals surface area contributed by atoms with Crippen LogP contribution in [0.5, 0.6) is 0 Å². The number of benzene rings is 1. The second-order valence-electron chi connectivity index (χ2n) is 5.12. The van der Waals surface area contributed by atoms with Crippen LogP contribution in [0.1, 0.15) is 31.7 Å². The highest BCUT2D eigenvalue weighted by Gasteiger charge is 2.36. The molecule has 20 heavy (non-hydrogen) atoms. The first kappa shape index (κ1) is 14.2. The Kier molecular flexibility index (Phi) is 4.17. The largest absolute Gasteiger partial charge is 0.481 e. The quantitative estimate of drug-likeness (QED) is 0.876. The van der Waals surface area contributed by atoms with Crippen LogP contribution in [-0.2, 0) is 23.2 Å². The average Bonchev–Trinajstić information content (AvgIpc) is 2.87. The van der Waals surface area contributed by atoms with Crippen LogP contribution < -0.4 is 0 Å². The maximum Gasteiger partial charge on any atom is 0.314 e. The minimum Gasteiger partial charge on any atom is -0.481 e. The lowest BCUT2D eigenvalue weighted by Crippen LogP contribution is -2.35. The highest BCUT2D eigenvalue weighted by Crippen LogP contribution is 2.28. The van der Waals surface area contributed by atoms with Crippen molar-refractivity contribution >= 4 is 5.97 Å². The van der Waals surface area contributed by atoms with Crippen molar-refractivity contribution in [2.45, 2.75) is 38.6 Å². The van der Waals surface area contributed by atoms with Gasteiger partial charge in [0.2, 0.25) is 0 Å². The summed E-state index contributed by atoms with van der Waals surface area (Å²) in [5.74, 6) is -0.143. The fraction of sp³-hybridized carbons (Fsp3) is 0.400. The number of nitrogens with zero attached hydrogens (tertiary/aromatic N) is 3. The topological polar surface area (TPSA) is 68.0 Å². The SMILES string of the molecule is CCCn1cnnc1CC(C)(C(=O)O)c1ccccc1. The van der Waals surface area contributed by atoms with Gasteiger partial charge in [-0.25, -0.2) is 0 Å². The summed E-state index contributed by atoms with van der Waals surface area (Å²) in [7, 11) is 0. The smallest absolute Gasteiger partial charge is 0.314 e. The zero-order chi connectivity index (χ0) is 14.6. The van der Waals surface area contributed by atoms with E-state index < -0.39 is 11.4 Å². The van der Waals surface area contributed by atoms with E-state index in [0.717, 1.165) is 18.5 Å². The number of rotatable bonds is 6. The number of hydrogen-bond donors (Lipinski definition) is 1. The number of hydrogen-bond acceptors (Lipinski definition) is 3. The Morgan fingerprint density at radius 3 is 2.65 bits per heavy atom. The monoisotopic (exact) mass is 273 g/mol. The Balaban J connectivity index is 2.35. The normalized spacial score (nSPS) is 13.9. The summed E-state index contributed by atoms with van der Waals surface area (Å²) in [4.78, 5) is 11.8. The van der Waals surface area contributed by atoms with E-state index in [1.165, 1.54) is 0 Å². The van der Waals surface area contributed by atoms with Gasteiger partial charge in [0.1, 0.15) is 12.2 Å². The lowest BCUT2D eigenvalue weighted by molar-refractivity contribution is -0.143. The molecular formula is C15H19N3O2. The predicted octanol–water partition coefficient (Wildman–Crippen LogP) is 2.27. The van der Waals surface area contributed by atoms with Gasteiger partial charge in [-0.3, -0.25) is 4.79 Å². The maximum absolute atomic E-state index is 11.8. The van der Waals surface area contributed by atoms with Crippen molar-refractivity contribution in [3.05, 3.63) is 48.0 Å². The third kappa shape index (κ3) is 2.71. The van der Waals surface area contributed by atoms with Gasteiger partial charge in [-0.05, 0) is 18.9 Å². The van der Waals surface area contributed by atoms with Crippen LogP contribution in [0.4, 0.5) is 0 Å². The number of carboxylic acids is 1. The van der Waals surface area contributed by atoms with E-state index in [9.17, 15) is 9.90 Å². The van der Waals surface area contributed by atoms with Crippen molar-refractivity contribution in [1.29, 1.82) is 0 Å². The first-order valence-corrected chi connectivity index (χ1v) is 6.73. The highest BCUT2D eigenvalue weighted by atomic mass is 16.4. The van der Waals surface area contributed by atoms with Gasteiger partial charge in [0.15, 0.2) is 0 Å². The summed E-state index contributed by atoms with van der Waals surface area (Å²) in [6.45, 7) is 4.60. The van der Waals surface area contributed by atoms with Crippen molar-refractivity contribution in [1.82, 2.24) is 14.8 Å². The van der Waals surface area contributed by atoms with E-state index in [4.69, 9.17) is 0 Å². The molecule has 5 nitrogen and oxygen atoms in total. The first-order chi connectivity index (χ1) is 9.58. The molecule has 0 aliphatic heterocycles. The van der Waals surface area contributed by atoms with Crippen LogP contribution in [0.15, 0.2) is 36.7 Å². The summed E-state index contributed by atoms with van der Waals surface area (Å²) < 4.78 is 1.92. The van der Waals surface area contributed by atoms with Crippen LogP contribution in [0.3, 0.4) is 0 Å². The van der Waals surface area contributed by atoms with E-state index in [1.54, 1.807) is 13.3 Å².